The van der Waals surface area contributed by atoms with Gasteiger partial charge in [-0.15, -0.1) is 0 Å². The van der Waals surface area contributed by atoms with Gasteiger partial charge in [-0.05, 0) is 70.2 Å². The van der Waals surface area contributed by atoms with Gasteiger partial charge in [0.25, 0.3) is 5.56 Å². The molecule has 2 saturated heterocycles. The van der Waals surface area contributed by atoms with E-state index in [4.69, 9.17) is 61.5 Å². The summed E-state index contributed by atoms with van der Waals surface area (Å²) in [5, 5.41) is 21.5. The minimum Gasteiger partial charge on any atom is -0.463 e. The van der Waals surface area contributed by atoms with Crippen LogP contribution in [0.1, 0.15) is 67.8 Å². The fourth-order valence-electron chi connectivity index (χ4n) is 7.36. The number of aliphatic hydroxyl groups is 2. The second-order valence-electron chi connectivity index (χ2n) is 17.6. The van der Waals surface area contributed by atoms with Crippen molar-refractivity contribution >= 4 is 51.6 Å². The Balaban J connectivity index is 0.000000261. The molecule has 4 aromatic rings. The highest BCUT2D eigenvalue weighted by Gasteiger charge is 2.46. The molecule has 0 amide bonds. The number of esters is 2. The number of benzene rings is 2. The topological polar surface area (TPSA) is 258 Å². The number of carbonyl (C=O) groups is 2. The summed E-state index contributed by atoms with van der Waals surface area (Å²) in [4.78, 5) is 53.5. The third-order valence-corrected chi connectivity index (χ3v) is 15.6. The standard InChI is InChI=1S/2C23H31N2O8PS/c1-14(2)31-22(27)15(3)13-34(29,33-17-8-6-5-7-9-17)30-12-18-20(26)16(4)21(32-18)25-11-10-19(35)24-23(25)28;1-14(2)31-22(28)15(3)13-34(29,33-17-8-6-5-7-9-17)30-12-18-20(27)16(4)21(32-18)25-11-10-19(26)24-23(25)35/h5-11,14-16,18,20-21,26H,12-13H2,1-4H3,(H,24,28,35);5-11,14-16,18,20-21,27H,12-13H2,1-4H3,(H,24,26,35)/t2*15-,16?,18-,20-,21-,34?/m11/s1. The van der Waals surface area contributed by atoms with Crippen LogP contribution in [0.4, 0.5) is 0 Å². The van der Waals surface area contributed by atoms with E-state index >= 15 is 0 Å². The van der Waals surface area contributed by atoms with Crippen molar-refractivity contribution in [1.29, 1.82) is 0 Å². The zero-order valence-corrected chi connectivity index (χ0v) is 43.5. The summed E-state index contributed by atoms with van der Waals surface area (Å²) < 4.78 is 75.9. The molecule has 2 aliphatic heterocycles. The Morgan fingerprint density at radius 3 is 1.47 bits per heavy atom. The molecule has 0 spiro atoms. The Morgan fingerprint density at radius 1 is 0.657 bits per heavy atom. The van der Waals surface area contributed by atoms with Crippen LogP contribution >= 0.6 is 39.6 Å². The number of nitrogens with one attached hydrogen (secondary N) is 2. The molecule has 4 unspecified atom stereocenters. The first-order valence-corrected chi connectivity index (χ1v) is 26.9. The van der Waals surface area contributed by atoms with Gasteiger partial charge < -0.3 is 38.2 Å². The Kier molecular flexibility index (Phi) is 20.3. The predicted molar refractivity (Wildman–Crippen MR) is 262 cm³/mol. The maximum absolute atomic E-state index is 13.7. The van der Waals surface area contributed by atoms with Crippen LogP contribution in [0.15, 0.2) is 94.8 Å². The highest BCUT2D eigenvalue weighted by Crippen LogP contribution is 2.52. The van der Waals surface area contributed by atoms with Crippen molar-refractivity contribution in [3.05, 3.63) is 115 Å². The van der Waals surface area contributed by atoms with Crippen LogP contribution in [0.25, 0.3) is 0 Å². The van der Waals surface area contributed by atoms with Gasteiger partial charge in [-0.3, -0.25) is 42.5 Å². The lowest BCUT2D eigenvalue weighted by atomic mass is 10.0. The number of nitrogens with zero attached hydrogens (tertiary/aromatic N) is 2. The van der Waals surface area contributed by atoms with Crippen LogP contribution < -0.4 is 20.3 Å². The van der Waals surface area contributed by atoms with E-state index in [2.05, 4.69) is 9.97 Å². The van der Waals surface area contributed by atoms with Gasteiger partial charge in [0, 0.05) is 30.3 Å². The van der Waals surface area contributed by atoms with Gasteiger partial charge >= 0.3 is 32.8 Å². The van der Waals surface area contributed by atoms with E-state index in [0.29, 0.717) is 11.5 Å². The molecule has 0 saturated carbocycles. The van der Waals surface area contributed by atoms with E-state index in [9.17, 15) is 38.5 Å². The van der Waals surface area contributed by atoms with Crippen LogP contribution in [0.5, 0.6) is 11.5 Å². The van der Waals surface area contributed by atoms with Crippen molar-refractivity contribution in [3.63, 3.8) is 0 Å². The van der Waals surface area contributed by atoms with Crippen LogP contribution in [-0.2, 0) is 46.7 Å². The molecule has 384 valence electrons. The van der Waals surface area contributed by atoms with Gasteiger partial charge in [0.15, 0.2) is 4.77 Å². The minimum absolute atomic E-state index is 0.152. The molecule has 0 bridgehead atoms. The molecular formula is C46H62N4O16P2S2. The molecule has 2 fully saturated rings. The quantitative estimate of drug-likeness (QED) is 0.0383. The summed E-state index contributed by atoms with van der Waals surface area (Å²) in [6.45, 7) is 13.0. The average molecular weight is 1050 g/mol. The highest BCUT2D eigenvalue weighted by molar-refractivity contribution is 7.71. The van der Waals surface area contributed by atoms with Crippen molar-refractivity contribution in [2.75, 3.05) is 25.5 Å². The minimum atomic E-state index is -3.88. The van der Waals surface area contributed by atoms with Gasteiger partial charge in [-0.25, -0.2) is 13.9 Å². The number of rotatable bonds is 20. The van der Waals surface area contributed by atoms with Crippen molar-refractivity contribution in [2.24, 2.45) is 23.7 Å². The molecule has 70 heavy (non-hydrogen) atoms. The van der Waals surface area contributed by atoms with Crippen molar-refractivity contribution in [2.45, 2.75) is 104 Å². The molecule has 6 rings (SSSR count). The molecule has 4 N–H and O–H groups in total. The molecule has 0 aliphatic carbocycles. The first-order chi connectivity index (χ1) is 33.0. The molecular weight excluding hydrogens is 991 g/mol. The monoisotopic (exact) mass is 1050 g/mol. The Bertz CT molecular complexity index is 2520. The maximum Gasteiger partial charge on any atom is 0.380 e. The van der Waals surface area contributed by atoms with Gasteiger partial charge in [-0.2, -0.15) is 0 Å². The number of ether oxygens (including phenoxy) is 4. The summed E-state index contributed by atoms with van der Waals surface area (Å²) in [7, 11) is -7.75. The number of hydrogen-bond acceptors (Lipinski definition) is 18. The normalized spacial score (nSPS) is 24.6. The van der Waals surface area contributed by atoms with E-state index in [1.807, 2.05) is 0 Å². The lowest BCUT2D eigenvalue weighted by Crippen LogP contribution is -2.31. The van der Waals surface area contributed by atoms with Crippen LogP contribution in [-0.4, -0.2) is 103 Å². The third kappa shape index (κ3) is 15.7. The molecule has 24 heteroatoms. The van der Waals surface area contributed by atoms with E-state index in [0.717, 1.165) is 0 Å². The molecule has 2 aliphatic rings. The van der Waals surface area contributed by atoms with E-state index in [-0.39, 0.29) is 52.7 Å². The van der Waals surface area contributed by atoms with E-state index in [1.54, 1.807) is 122 Å². The fraction of sp³-hybridized carbons (Fsp3) is 0.522. The van der Waals surface area contributed by atoms with Crippen molar-refractivity contribution in [3.8, 4) is 11.5 Å². The number of carbonyl (C=O) groups excluding carboxylic acids is 2. The number of aromatic nitrogens is 4. The van der Waals surface area contributed by atoms with Crippen LogP contribution in [0, 0.1) is 33.1 Å². The fourth-order valence-corrected chi connectivity index (χ4v) is 11.5. The first-order valence-electron chi connectivity index (χ1n) is 22.7. The first kappa shape index (κ1) is 56.3. The van der Waals surface area contributed by atoms with Crippen LogP contribution in [0.2, 0.25) is 0 Å². The molecule has 20 nitrogen and oxygen atoms in total. The summed E-state index contributed by atoms with van der Waals surface area (Å²) in [5.74, 6) is -2.81. The van der Waals surface area contributed by atoms with Gasteiger partial charge in [-0.1, -0.05) is 76.3 Å². The number of para-hydroxylation sites is 2. The average Bonchev–Trinajstić information content (AvgIpc) is 3.73. The van der Waals surface area contributed by atoms with Gasteiger partial charge in [0.2, 0.25) is 0 Å². The summed E-state index contributed by atoms with van der Waals surface area (Å²) >= 11 is 10.2. The molecule has 2 aromatic heterocycles. The van der Waals surface area contributed by atoms with Crippen molar-refractivity contribution in [1.82, 2.24) is 19.1 Å². The number of hydrogen-bond donors (Lipinski definition) is 4. The molecule has 12 atom stereocenters. The second kappa shape index (κ2) is 25.2. The summed E-state index contributed by atoms with van der Waals surface area (Å²) in [6, 6.07) is 19.8. The SMILES string of the molecule is CC(C)OC(=O)[C@H](C)CP(=O)(OC[C@H]1O[C@@H](n2ccc(=O)[nH]c2=S)C(C)[C@H]1O)Oc1ccccc1.CC(C)OC(=O)[C@H](C)CP(=O)(OC[C@H]1O[C@@H](n2ccc(=S)[nH]c2=O)C(C)[C@H]1O)Oc1ccccc1. The number of aromatic amines is 2. The zero-order valence-electron chi connectivity index (χ0n) is 40.1. The Labute approximate surface area is 415 Å². The van der Waals surface area contributed by atoms with Crippen molar-refractivity contribution < 1.29 is 66.0 Å². The Morgan fingerprint density at radius 2 is 1.07 bits per heavy atom. The summed E-state index contributed by atoms with van der Waals surface area (Å²) in [5.41, 5.74) is -0.819. The van der Waals surface area contributed by atoms with Gasteiger partial charge in [0.1, 0.15) is 40.8 Å². The summed E-state index contributed by atoms with van der Waals surface area (Å²) in [6.07, 6.45) is -3.30. The second-order valence-corrected chi connectivity index (χ2v) is 22.5. The van der Waals surface area contributed by atoms with Crippen LogP contribution in [0.3, 0.4) is 0 Å². The zero-order chi connectivity index (χ0) is 51.5. The lowest BCUT2D eigenvalue weighted by molar-refractivity contribution is -0.152. The third-order valence-electron chi connectivity index (χ3n) is 11.0. The lowest BCUT2D eigenvalue weighted by Gasteiger charge is -2.24. The number of aliphatic hydroxyl groups excluding tert-OH is 2. The predicted octanol–water partition coefficient (Wildman–Crippen LogP) is 7.35. The smallest absolute Gasteiger partial charge is 0.380 e. The Hall–Kier alpha value is -4.60. The van der Waals surface area contributed by atoms with E-state index < -0.39 is 93.4 Å². The van der Waals surface area contributed by atoms with E-state index in [1.165, 1.54) is 27.6 Å². The largest absolute Gasteiger partial charge is 0.463 e. The molecule has 2 aromatic carbocycles. The van der Waals surface area contributed by atoms with Gasteiger partial charge in [0.05, 0.1) is 61.8 Å². The number of H-pyrrole nitrogens is 2. The molecule has 0 radical (unpaired) electrons. The molecule has 4 heterocycles. The highest BCUT2D eigenvalue weighted by atomic mass is 32.1. The maximum atomic E-state index is 13.7.